The van der Waals surface area contributed by atoms with Crippen LogP contribution in [-0.2, 0) is 0 Å². The van der Waals surface area contributed by atoms with E-state index in [2.05, 4.69) is 0 Å². The monoisotopic (exact) mass is 572 g/mol. The van der Waals surface area contributed by atoms with Gasteiger partial charge in [0.2, 0.25) is 11.5 Å². The molecule has 0 aliphatic heterocycles. The predicted molar refractivity (Wildman–Crippen MR) is 154 cm³/mol. The Bertz CT molecular complexity index is 1950. The van der Waals surface area contributed by atoms with E-state index in [-0.39, 0.29) is 23.1 Å². The van der Waals surface area contributed by atoms with Crippen LogP contribution in [0.15, 0.2) is 64.0 Å². The van der Waals surface area contributed by atoms with Crippen molar-refractivity contribution in [1.82, 2.24) is 0 Å². The molecular formula is C32H28O10. The van der Waals surface area contributed by atoms with Crippen molar-refractivity contribution < 1.29 is 36.6 Å². The van der Waals surface area contributed by atoms with Crippen molar-refractivity contribution in [3.63, 3.8) is 0 Å². The molecule has 7 rings (SSSR count). The molecule has 4 aromatic heterocycles. The number of benzene rings is 2. The molecule has 0 unspecified atom stereocenters. The van der Waals surface area contributed by atoms with Gasteiger partial charge < -0.3 is 36.6 Å². The van der Waals surface area contributed by atoms with E-state index >= 15 is 0 Å². The Balaban J connectivity index is 1.20. The summed E-state index contributed by atoms with van der Waals surface area (Å²) in [5.74, 6) is 2.47. The SMILES string of the molecule is COc1c2occc2c(OC2CCC(Oc3c4ccoc4c(OC)c4oc(C)cc(=O)c34)CC2)c2c(=O)cc(C)oc12. The summed E-state index contributed by atoms with van der Waals surface area (Å²) >= 11 is 0. The molecule has 1 aliphatic rings. The first-order valence-corrected chi connectivity index (χ1v) is 13.7. The van der Waals surface area contributed by atoms with Gasteiger partial charge in [-0.2, -0.15) is 0 Å². The molecule has 0 bridgehead atoms. The first-order valence-electron chi connectivity index (χ1n) is 13.7. The number of hydrogen-bond donors (Lipinski definition) is 0. The number of aryl methyl sites for hydroxylation is 2. The summed E-state index contributed by atoms with van der Waals surface area (Å²) in [5, 5.41) is 1.92. The smallest absolute Gasteiger partial charge is 0.206 e. The molecular weight excluding hydrogens is 544 g/mol. The maximum atomic E-state index is 13.1. The third kappa shape index (κ3) is 4.00. The lowest BCUT2D eigenvalue weighted by molar-refractivity contribution is 0.0839. The zero-order chi connectivity index (χ0) is 29.1. The van der Waals surface area contributed by atoms with Crippen LogP contribution in [0.5, 0.6) is 23.0 Å². The number of fused-ring (bicyclic) bond motifs is 4. The van der Waals surface area contributed by atoms with Crippen molar-refractivity contribution in [3.05, 3.63) is 68.8 Å². The molecule has 42 heavy (non-hydrogen) atoms. The fraction of sp³-hybridized carbons (Fsp3) is 0.312. The second-order valence-electron chi connectivity index (χ2n) is 10.5. The molecule has 0 N–H and O–H groups in total. The Morgan fingerprint density at radius 2 is 1.02 bits per heavy atom. The first kappa shape index (κ1) is 26.1. The lowest BCUT2D eigenvalue weighted by Crippen LogP contribution is -2.30. The van der Waals surface area contributed by atoms with E-state index in [1.165, 1.54) is 38.9 Å². The summed E-state index contributed by atoms with van der Waals surface area (Å²) in [5.41, 5.74) is 1.06. The standard InChI is InChI=1S/C32H28O10/c1-15-13-21(33)23-25(19-9-11-37-27(19)31(35-3)29(23)39-15)41-17-5-7-18(8-6-17)42-26-20-10-12-38-28(20)32(36-4)30-24(26)22(34)14-16(2)40-30/h9-14,17-18H,5-8H2,1-4H3. The van der Waals surface area contributed by atoms with Crippen LogP contribution in [-0.4, -0.2) is 26.4 Å². The van der Waals surface area contributed by atoms with Crippen molar-refractivity contribution in [2.75, 3.05) is 14.2 Å². The highest BCUT2D eigenvalue weighted by Gasteiger charge is 2.30. The largest absolute Gasteiger partial charge is 0.490 e. The molecule has 2 aromatic carbocycles. The van der Waals surface area contributed by atoms with E-state index in [1.807, 2.05) is 0 Å². The van der Waals surface area contributed by atoms with Gasteiger partial charge in [0.25, 0.3) is 0 Å². The van der Waals surface area contributed by atoms with Crippen LogP contribution >= 0.6 is 0 Å². The van der Waals surface area contributed by atoms with Crippen LogP contribution in [0.25, 0.3) is 43.9 Å². The van der Waals surface area contributed by atoms with Crippen LogP contribution in [0.4, 0.5) is 0 Å². The van der Waals surface area contributed by atoms with Gasteiger partial charge in [0.15, 0.2) is 33.2 Å². The minimum Gasteiger partial charge on any atom is -0.490 e. The van der Waals surface area contributed by atoms with Crippen LogP contribution < -0.4 is 29.8 Å². The van der Waals surface area contributed by atoms with Crippen molar-refractivity contribution in [3.8, 4) is 23.0 Å². The number of hydrogen-bond acceptors (Lipinski definition) is 10. The summed E-state index contributed by atoms with van der Waals surface area (Å²) in [7, 11) is 3.02. The van der Waals surface area contributed by atoms with Gasteiger partial charge in [0.1, 0.15) is 33.8 Å². The molecule has 0 radical (unpaired) electrons. The fourth-order valence-electron chi connectivity index (χ4n) is 5.99. The Labute approximate surface area is 238 Å². The number of furan rings is 2. The van der Waals surface area contributed by atoms with Gasteiger partial charge in [0.05, 0.1) is 49.7 Å². The third-order valence-electron chi connectivity index (χ3n) is 7.84. The molecule has 1 aliphatic carbocycles. The Morgan fingerprint density at radius 1 is 0.619 bits per heavy atom. The molecule has 4 heterocycles. The maximum absolute atomic E-state index is 13.1. The van der Waals surface area contributed by atoms with E-state index in [0.717, 1.165) is 0 Å². The highest BCUT2D eigenvalue weighted by Crippen LogP contribution is 2.45. The second kappa shape index (κ2) is 9.90. The van der Waals surface area contributed by atoms with Gasteiger partial charge in [-0.1, -0.05) is 0 Å². The van der Waals surface area contributed by atoms with Crippen LogP contribution in [0.2, 0.25) is 0 Å². The molecule has 0 saturated heterocycles. The highest BCUT2D eigenvalue weighted by atomic mass is 16.5. The van der Waals surface area contributed by atoms with Crippen molar-refractivity contribution in [2.45, 2.75) is 51.7 Å². The number of methoxy groups -OCH3 is 2. The zero-order valence-corrected chi connectivity index (χ0v) is 23.5. The summed E-state index contributed by atoms with van der Waals surface area (Å²) in [6, 6.07) is 6.41. The molecule has 1 saturated carbocycles. The molecule has 0 atom stereocenters. The van der Waals surface area contributed by atoms with Crippen molar-refractivity contribution >= 4 is 43.9 Å². The van der Waals surface area contributed by atoms with E-state index in [9.17, 15) is 9.59 Å². The fourth-order valence-corrected chi connectivity index (χ4v) is 5.99. The molecule has 10 heteroatoms. The Kier molecular flexibility index (Phi) is 6.14. The minimum absolute atomic E-state index is 0.186. The summed E-state index contributed by atoms with van der Waals surface area (Å²) in [6.45, 7) is 3.42. The van der Waals surface area contributed by atoms with Crippen molar-refractivity contribution in [1.29, 1.82) is 0 Å². The van der Waals surface area contributed by atoms with Gasteiger partial charge in [-0.25, -0.2) is 0 Å². The molecule has 6 aromatic rings. The van der Waals surface area contributed by atoms with Gasteiger partial charge in [-0.15, -0.1) is 0 Å². The second-order valence-corrected chi connectivity index (χ2v) is 10.5. The highest BCUT2D eigenvalue weighted by molar-refractivity contribution is 6.07. The molecule has 10 nitrogen and oxygen atoms in total. The van der Waals surface area contributed by atoms with Gasteiger partial charge >= 0.3 is 0 Å². The Hall–Kier alpha value is -4.86. The van der Waals surface area contributed by atoms with Gasteiger partial charge in [-0.05, 0) is 51.7 Å². The lowest BCUT2D eigenvalue weighted by atomic mass is 9.94. The number of ether oxygens (including phenoxy) is 4. The van der Waals surface area contributed by atoms with E-state index in [1.54, 1.807) is 26.0 Å². The van der Waals surface area contributed by atoms with Gasteiger partial charge in [-0.3, -0.25) is 9.59 Å². The van der Waals surface area contributed by atoms with Crippen molar-refractivity contribution in [2.24, 2.45) is 0 Å². The van der Waals surface area contributed by atoms with Crippen LogP contribution in [0, 0.1) is 13.8 Å². The van der Waals surface area contributed by atoms with E-state index in [0.29, 0.717) is 104 Å². The molecule has 0 spiro atoms. The average molecular weight is 573 g/mol. The molecule has 0 amide bonds. The summed E-state index contributed by atoms with van der Waals surface area (Å²) < 4.78 is 47.4. The van der Waals surface area contributed by atoms with E-state index < -0.39 is 0 Å². The number of rotatable bonds is 6. The maximum Gasteiger partial charge on any atom is 0.206 e. The van der Waals surface area contributed by atoms with Crippen LogP contribution in [0.3, 0.4) is 0 Å². The summed E-state index contributed by atoms with van der Waals surface area (Å²) in [6.07, 6.45) is 5.33. The zero-order valence-electron chi connectivity index (χ0n) is 23.5. The topological polar surface area (TPSA) is 124 Å². The Morgan fingerprint density at radius 3 is 1.40 bits per heavy atom. The lowest BCUT2D eigenvalue weighted by Gasteiger charge is -2.30. The normalized spacial score (nSPS) is 17.3. The molecule has 216 valence electrons. The summed E-state index contributed by atoms with van der Waals surface area (Å²) in [4.78, 5) is 26.3. The quantitative estimate of drug-likeness (QED) is 0.211. The predicted octanol–water partition coefficient (Wildman–Crippen LogP) is 6.79. The van der Waals surface area contributed by atoms with E-state index in [4.69, 9.17) is 36.6 Å². The van der Waals surface area contributed by atoms with Gasteiger partial charge in [0, 0.05) is 12.1 Å². The third-order valence-corrected chi connectivity index (χ3v) is 7.84. The average Bonchev–Trinajstić information content (AvgIpc) is 3.64. The minimum atomic E-state index is -0.216. The first-order chi connectivity index (χ1) is 20.4. The molecule has 1 fully saturated rings. The van der Waals surface area contributed by atoms with Crippen LogP contribution in [0.1, 0.15) is 37.2 Å².